The van der Waals surface area contributed by atoms with Crippen molar-refractivity contribution in [3.8, 4) is 0 Å². The molecule has 1 atom stereocenters. The van der Waals surface area contributed by atoms with Crippen molar-refractivity contribution in [2.75, 3.05) is 0 Å². The number of aryl methyl sites for hydroxylation is 2. The second kappa shape index (κ2) is 5.33. The number of halogens is 2. The maximum atomic E-state index is 13.3. The van der Waals surface area contributed by atoms with E-state index in [0.29, 0.717) is 5.56 Å². The topological polar surface area (TPSA) is 26.0 Å². The van der Waals surface area contributed by atoms with Gasteiger partial charge in [-0.3, -0.25) is 0 Å². The Kier molecular flexibility index (Phi) is 3.53. The van der Waals surface area contributed by atoms with Crippen molar-refractivity contribution in [2.24, 2.45) is 5.73 Å². The van der Waals surface area contributed by atoms with Gasteiger partial charge in [-0.15, -0.1) is 0 Å². The molecule has 0 saturated heterocycles. The van der Waals surface area contributed by atoms with Crippen LogP contribution >= 0.6 is 0 Å². The monoisotopic (exact) mass is 273 g/mol. The number of nitrogens with two attached hydrogens (primary N) is 1. The molecular weight excluding hydrogens is 256 g/mol. The molecule has 0 radical (unpaired) electrons. The van der Waals surface area contributed by atoms with Crippen LogP contribution in [0.5, 0.6) is 0 Å². The number of hydrogen-bond donors (Lipinski definition) is 1. The lowest BCUT2D eigenvalue weighted by molar-refractivity contribution is 0.577. The van der Waals surface area contributed by atoms with Gasteiger partial charge in [0.05, 0.1) is 6.04 Å². The van der Waals surface area contributed by atoms with E-state index in [4.69, 9.17) is 5.73 Å². The van der Waals surface area contributed by atoms with Crippen molar-refractivity contribution >= 4 is 0 Å². The van der Waals surface area contributed by atoms with Crippen molar-refractivity contribution < 1.29 is 8.78 Å². The van der Waals surface area contributed by atoms with Gasteiger partial charge in [0.25, 0.3) is 0 Å². The highest BCUT2D eigenvalue weighted by molar-refractivity contribution is 5.39. The van der Waals surface area contributed by atoms with E-state index in [0.717, 1.165) is 24.5 Å². The number of hydrogen-bond acceptors (Lipinski definition) is 1. The minimum absolute atomic E-state index is 0.471. The van der Waals surface area contributed by atoms with Gasteiger partial charge >= 0.3 is 0 Å². The van der Waals surface area contributed by atoms with Crippen molar-refractivity contribution in [1.29, 1.82) is 0 Å². The summed E-state index contributed by atoms with van der Waals surface area (Å²) in [5, 5.41) is 0. The molecule has 0 aliphatic heterocycles. The predicted molar refractivity (Wildman–Crippen MR) is 75.5 cm³/mol. The van der Waals surface area contributed by atoms with Gasteiger partial charge in [0, 0.05) is 6.07 Å². The molecule has 1 aliphatic carbocycles. The summed E-state index contributed by atoms with van der Waals surface area (Å²) in [6.45, 7) is 0. The van der Waals surface area contributed by atoms with Crippen LogP contribution < -0.4 is 5.73 Å². The zero-order chi connectivity index (χ0) is 14.1. The van der Waals surface area contributed by atoms with E-state index in [1.54, 1.807) is 0 Å². The van der Waals surface area contributed by atoms with E-state index in [2.05, 4.69) is 12.1 Å². The van der Waals surface area contributed by atoms with Gasteiger partial charge in [-0.2, -0.15) is 0 Å². The molecule has 0 amide bonds. The van der Waals surface area contributed by atoms with Crippen LogP contribution in [0.25, 0.3) is 0 Å². The summed E-state index contributed by atoms with van der Waals surface area (Å²) >= 11 is 0. The number of rotatable bonds is 2. The first-order valence-electron chi connectivity index (χ1n) is 6.97. The summed E-state index contributed by atoms with van der Waals surface area (Å²) in [6, 6.07) is 9.12. The Labute approximate surface area is 117 Å². The second-order valence-electron chi connectivity index (χ2n) is 5.42. The van der Waals surface area contributed by atoms with E-state index in [-0.39, 0.29) is 0 Å². The Morgan fingerprint density at radius 3 is 2.15 bits per heavy atom. The van der Waals surface area contributed by atoms with Gasteiger partial charge in [-0.05, 0) is 60.1 Å². The molecule has 0 fully saturated rings. The highest BCUT2D eigenvalue weighted by atomic mass is 19.1. The summed E-state index contributed by atoms with van der Waals surface area (Å²) in [6.07, 6.45) is 4.60. The van der Waals surface area contributed by atoms with Crippen LogP contribution in [0.1, 0.15) is 41.1 Å². The molecule has 0 bridgehead atoms. The average molecular weight is 273 g/mol. The highest BCUT2D eigenvalue weighted by Gasteiger charge is 2.15. The molecule has 3 heteroatoms. The molecule has 2 N–H and O–H groups in total. The largest absolute Gasteiger partial charge is 0.320 e. The Morgan fingerprint density at radius 2 is 1.45 bits per heavy atom. The van der Waals surface area contributed by atoms with E-state index in [1.807, 2.05) is 6.07 Å². The third kappa shape index (κ3) is 2.59. The van der Waals surface area contributed by atoms with E-state index >= 15 is 0 Å². The molecule has 2 aromatic carbocycles. The maximum Gasteiger partial charge on any atom is 0.126 e. The molecule has 104 valence electrons. The minimum atomic E-state index is -0.589. The molecule has 0 spiro atoms. The molecule has 0 heterocycles. The molecule has 1 nitrogen and oxygen atoms in total. The molecule has 20 heavy (non-hydrogen) atoms. The molecule has 1 aliphatic rings. The number of benzene rings is 2. The Bertz CT molecular complexity index is 617. The molecular formula is C17H17F2N. The van der Waals surface area contributed by atoms with Gasteiger partial charge < -0.3 is 5.73 Å². The van der Waals surface area contributed by atoms with Crippen molar-refractivity contribution in [3.63, 3.8) is 0 Å². The van der Waals surface area contributed by atoms with Crippen LogP contribution in [0.4, 0.5) is 8.78 Å². The SMILES string of the molecule is NC(c1cc(F)cc(F)c1)c1ccc2c(c1)CCCC2. The molecule has 1 unspecified atom stereocenters. The zero-order valence-corrected chi connectivity index (χ0v) is 11.2. The van der Waals surface area contributed by atoms with Gasteiger partial charge in [-0.25, -0.2) is 8.78 Å². The Balaban J connectivity index is 1.95. The second-order valence-corrected chi connectivity index (χ2v) is 5.42. The Hall–Kier alpha value is -1.74. The lowest BCUT2D eigenvalue weighted by Crippen LogP contribution is -2.14. The van der Waals surface area contributed by atoms with Crippen molar-refractivity contribution in [2.45, 2.75) is 31.7 Å². The van der Waals surface area contributed by atoms with E-state index < -0.39 is 17.7 Å². The van der Waals surface area contributed by atoms with E-state index in [9.17, 15) is 8.78 Å². The molecule has 0 aromatic heterocycles. The van der Waals surface area contributed by atoms with Crippen molar-refractivity contribution in [3.05, 3.63) is 70.3 Å². The van der Waals surface area contributed by atoms with Crippen LogP contribution in [-0.4, -0.2) is 0 Å². The normalized spacial score (nSPS) is 15.8. The zero-order valence-electron chi connectivity index (χ0n) is 11.2. The first-order chi connectivity index (χ1) is 9.63. The lowest BCUT2D eigenvalue weighted by Gasteiger charge is -2.19. The fraction of sp³-hybridized carbons (Fsp3) is 0.294. The summed E-state index contributed by atoms with van der Waals surface area (Å²) in [4.78, 5) is 0. The van der Waals surface area contributed by atoms with Gasteiger partial charge in [0.15, 0.2) is 0 Å². The average Bonchev–Trinajstić information content (AvgIpc) is 2.45. The first kappa shape index (κ1) is 13.3. The van der Waals surface area contributed by atoms with Crippen LogP contribution in [-0.2, 0) is 12.8 Å². The van der Waals surface area contributed by atoms with Gasteiger partial charge in [-0.1, -0.05) is 18.2 Å². The third-order valence-electron chi connectivity index (χ3n) is 3.98. The predicted octanol–water partition coefficient (Wildman–Crippen LogP) is 3.89. The van der Waals surface area contributed by atoms with Crippen LogP contribution in [0.2, 0.25) is 0 Å². The Morgan fingerprint density at radius 1 is 0.800 bits per heavy atom. The van der Waals surface area contributed by atoms with Gasteiger partial charge in [0.2, 0.25) is 0 Å². The van der Waals surface area contributed by atoms with E-state index in [1.165, 1.54) is 36.1 Å². The molecule has 0 saturated carbocycles. The molecule has 3 rings (SSSR count). The van der Waals surface area contributed by atoms with Crippen molar-refractivity contribution in [1.82, 2.24) is 0 Å². The quantitative estimate of drug-likeness (QED) is 0.882. The summed E-state index contributed by atoms with van der Waals surface area (Å²) in [5.74, 6) is -1.18. The van der Waals surface area contributed by atoms with Crippen LogP contribution in [0.3, 0.4) is 0 Å². The summed E-state index contributed by atoms with van der Waals surface area (Å²) in [7, 11) is 0. The summed E-state index contributed by atoms with van der Waals surface area (Å²) in [5.41, 5.74) is 10.2. The molecule has 2 aromatic rings. The summed E-state index contributed by atoms with van der Waals surface area (Å²) < 4.78 is 26.6. The van der Waals surface area contributed by atoms with Crippen LogP contribution in [0.15, 0.2) is 36.4 Å². The third-order valence-corrected chi connectivity index (χ3v) is 3.98. The van der Waals surface area contributed by atoms with Gasteiger partial charge in [0.1, 0.15) is 11.6 Å². The fourth-order valence-corrected chi connectivity index (χ4v) is 2.89. The maximum absolute atomic E-state index is 13.3. The highest BCUT2D eigenvalue weighted by Crippen LogP contribution is 2.27. The fourth-order valence-electron chi connectivity index (χ4n) is 2.89. The first-order valence-corrected chi connectivity index (χ1v) is 6.97. The standard InChI is InChI=1S/C17H17F2N/c18-15-8-14(9-16(19)10-15)17(20)13-6-5-11-3-1-2-4-12(11)7-13/h5-10,17H,1-4,20H2. The number of fused-ring (bicyclic) bond motifs is 1. The minimum Gasteiger partial charge on any atom is -0.320 e. The smallest absolute Gasteiger partial charge is 0.126 e. The lowest BCUT2D eigenvalue weighted by atomic mass is 9.88. The van der Waals surface area contributed by atoms with Crippen LogP contribution in [0, 0.1) is 11.6 Å².